The van der Waals surface area contributed by atoms with Gasteiger partial charge in [-0.3, -0.25) is 0 Å². The summed E-state index contributed by atoms with van der Waals surface area (Å²) in [5, 5.41) is 8.96. The molecule has 1 saturated carbocycles. The molecular formula is C12H14O3. The molecule has 0 aromatic heterocycles. The monoisotopic (exact) mass is 206 g/mol. The van der Waals surface area contributed by atoms with E-state index in [0.29, 0.717) is 5.75 Å². The van der Waals surface area contributed by atoms with Gasteiger partial charge in [-0.2, -0.15) is 0 Å². The number of aromatic carboxylic acids is 1. The molecule has 1 N–H and O–H groups in total. The summed E-state index contributed by atoms with van der Waals surface area (Å²) in [6.45, 7) is 0. The standard InChI is InChI=1S/C12H14O3/c13-12(14)10-7-3-4-8-11(10)15-9-5-1-2-6-9/h3-4,7-9H,1-2,5-6H2,(H,13,14). The van der Waals surface area contributed by atoms with Crippen LogP contribution in [0.1, 0.15) is 36.0 Å². The lowest BCUT2D eigenvalue weighted by Crippen LogP contribution is -2.13. The predicted molar refractivity (Wildman–Crippen MR) is 56.3 cm³/mol. The third kappa shape index (κ3) is 2.29. The molecule has 80 valence electrons. The minimum atomic E-state index is -0.927. The van der Waals surface area contributed by atoms with Crippen molar-refractivity contribution in [3.63, 3.8) is 0 Å². The van der Waals surface area contributed by atoms with E-state index >= 15 is 0 Å². The van der Waals surface area contributed by atoms with Crippen molar-refractivity contribution in [2.45, 2.75) is 31.8 Å². The van der Waals surface area contributed by atoms with Crippen molar-refractivity contribution in [1.29, 1.82) is 0 Å². The molecule has 0 aliphatic heterocycles. The van der Waals surface area contributed by atoms with Crippen LogP contribution in [0.25, 0.3) is 0 Å². The van der Waals surface area contributed by atoms with Gasteiger partial charge in [0.2, 0.25) is 0 Å². The average molecular weight is 206 g/mol. The van der Waals surface area contributed by atoms with Gasteiger partial charge in [-0.15, -0.1) is 0 Å². The summed E-state index contributed by atoms with van der Waals surface area (Å²) in [4.78, 5) is 10.9. The number of ether oxygens (including phenoxy) is 1. The summed E-state index contributed by atoms with van der Waals surface area (Å²) in [5.41, 5.74) is 0.254. The van der Waals surface area contributed by atoms with Crippen molar-refractivity contribution >= 4 is 5.97 Å². The van der Waals surface area contributed by atoms with Crippen LogP contribution in [0.4, 0.5) is 0 Å². The summed E-state index contributed by atoms with van der Waals surface area (Å²) in [6, 6.07) is 6.82. The van der Waals surface area contributed by atoms with Crippen LogP contribution in [0.3, 0.4) is 0 Å². The summed E-state index contributed by atoms with van der Waals surface area (Å²) in [6.07, 6.45) is 4.63. The molecule has 0 radical (unpaired) electrons. The Kier molecular flexibility index (Phi) is 2.90. The van der Waals surface area contributed by atoms with Crippen LogP contribution in [-0.2, 0) is 0 Å². The first-order chi connectivity index (χ1) is 7.27. The average Bonchev–Trinajstić information content (AvgIpc) is 2.71. The largest absolute Gasteiger partial charge is 0.490 e. The van der Waals surface area contributed by atoms with Gasteiger partial charge >= 0.3 is 5.97 Å². The van der Waals surface area contributed by atoms with Crippen LogP contribution in [0, 0.1) is 0 Å². The quantitative estimate of drug-likeness (QED) is 0.827. The molecule has 0 bridgehead atoms. The lowest BCUT2D eigenvalue weighted by molar-refractivity contribution is 0.0689. The third-order valence-electron chi connectivity index (χ3n) is 2.71. The van der Waals surface area contributed by atoms with Gasteiger partial charge in [0, 0.05) is 0 Å². The number of carboxylic acids is 1. The second-order valence-electron chi connectivity index (χ2n) is 3.83. The smallest absolute Gasteiger partial charge is 0.339 e. The predicted octanol–water partition coefficient (Wildman–Crippen LogP) is 2.71. The van der Waals surface area contributed by atoms with E-state index in [1.54, 1.807) is 24.3 Å². The Hall–Kier alpha value is -1.51. The Labute approximate surface area is 88.7 Å². The van der Waals surface area contributed by atoms with Crippen molar-refractivity contribution in [1.82, 2.24) is 0 Å². The Morgan fingerprint density at radius 3 is 2.60 bits per heavy atom. The maximum Gasteiger partial charge on any atom is 0.339 e. The van der Waals surface area contributed by atoms with Crippen molar-refractivity contribution in [3.8, 4) is 5.75 Å². The van der Waals surface area contributed by atoms with Crippen LogP contribution in [-0.4, -0.2) is 17.2 Å². The second-order valence-corrected chi connectivity index (χ2v) is 3.83. The van der Waals surface area contributed by atoms with E-state index < -0.39 is 5.97 Å². The molecule has 1 aromatic carbocycles. The van der Waals surface area contributed by atoms with Crippen LogP contribution in [0.5, 0.6) is 5.75 Å². The van der Waals surface area contributed by atoms with Crippen LogP contribution in [0.15, 0.2) is 24.3 Å². The van der Waals surface area contributed by atoms with Crippen LogP contribution in [0.2, 0.25) is 0 Å². The van der Waals surface area contributed by atoms with Crippen molar-refractivity contribution in [2.75, 3.05) is 0 Å². The van der Waals surface area contributed by atoms with E-state index in [1.807, 2.05) is 0 Å². The Bertz CT molecular complexity index is 354. The first-order valence-corrected chi connectivity index (χ1v) is 5.26. The molecule has 1 aliphatic rings. The van der Waals surface area contributed by atoms with E-state index in [2.05, 4.69) is 0 Å². The molecule has 3 heteroatoms. The molecule has 1 aliphatic carbocycles. The second kappa shape index (κ2) is 4.34. The highest BCUT2D eigenvalue weighted by Crippen LogP contribution is 2.26. The van der Waals surface area contributed by atoms with Gasteiger partial charge in [0.25, 0.3) is 0 Å². The first-order valence-electron chi connectivity index (χ1n) is 5.26. The number of hydrogen-bond donors (Lipinski definition) is 1. The first kappa shape index (κ1) is 10.0. The van der Waals surface area contributed by atoms with Crippen LogP contribution >= 0.6 is 0 Å². The molecular weight excluding hydrogens is 192 g/mol. The van der Waals surface area contributed by atoms with Gasteiger partial charge < -0.3 is 9.84 Å². The number of carboxylic acid groups (broad SMARTS) is 1. The summed E-state index contributed by atoms with van der Waals surface area (Å²) in [7, 11) is 0. The zero-order valence-corrected chi connectivity index (χ0v) is 8.48. The highest BCUT2D eigenvalue weighted by Gasteiger charge is 2.19. The van der Waals surface area contributed by atoms with Gasteiger partial charge in [-0.1, -0.05) is 12.1 Å². The molecule has 15 heavy (non-hydrogen) atoms. The molecule has 0 saturated heterocycles. The van der Waals surface area contributed by atoms with E-state index in [0.717, 1.165) is 12.8 Å². The SMILES string of the molecule is O=C(O)c1ccccc1OC1CCCC1. The number of rotatable bonds is 3. The number of para-hydroxylation sites is 1. The van der Waals surface area contributed by atoms with E-state index in [1.165, 1.54) is 12.8 Å². The van der Waals surface area contributed by atoms with Crippen molar-refractivity contribution in [2.24, 2.45) is 0 Å². The molecule has 0 spiro atoms. The molecule has 0 amide bonds. The van der Waals surface area contributed by atoms with Crippen molar-refractivity contribution in [3.05, 3.63) is 29.8 Å². The van der Waals surface area contributed by atoms with E-state index in [4.69, 9.17) is 9.84 Å². The molecule has 0 atom stereocenters. The number of carbonyl (C=O) groups is 1. The Morgan fingerprint density at radius 1 is 1.27 bits per heavy atom. The number of benzene rings is 1. The van der Waals surface area contributed by atoms with E-state index in [-0.39, 0.29) is 11.7 Å². The minimum Gasteiger partial charge on any atom is -0.490 e. The molecule has 1 aromatic rings. The Morgan fingerprint density at radius 2 is 1.93 bits per heavy atom. The van der Waals surface area contributed by atoms with Gasteiger partial charge in [0.1, 0.15) is 11.3 Å². The molecule has 2 rings (SSSR count). The third-order valence-corrected chi connectivity index (χ3v) is 2.71. The lowest BCUT2D eigenvalue weighted by Gasteiger charge is -2.14. The summed E-state index contributed by atoms with van der Waals surface area (Å²) in [5.74, 6) is -0.430. The fourth-order valence-corrected chi connectivity index (χ4v) is 1.93. The fourth-order valence-electron chi connectivity index (χ4n) is 1.93. The van der Waals surface area contributed by atoms with Gasteiger partial charge in [0.05, 0.1) is 6.10 Å². The maximum absolute atomic E-state index is 10.9. The number of hydrogen-bond acceptors (Lipinski definition) is 2. The van der Waals surface area contributed by atoms with E-state index in [9.17, 15) is 4.79 Å². The maximum atomic E-state index is 10.9. The summed E-state index contributed by atoms with van der Waals surface area (Å²) < 4.78 is 5.69. The van der Waals surface area contributed by atoms with Crippen LogP contribution < -0.4 is 4.74 Å². The normalized spacial score (nSPS) is 16.5. The molecule has 0 heterocycles. The van der Waals surface area contributed by atoms with Crippen molar-refractivity contribution < 1.29 is 14.6 Å². The minimum absolute atomic E-state index is 0.200. The fraction of sp³-hybridized carbons (Fsp3) is 0.417. The highest BCUT2D eigenvalue weighted by atomic mass is 16.5. The molecule has 1 fully saturated rings. The molecule has 3 nitrogen and oxygen atoms in total. The molecule has 0 unspecified atom stereocenters. The summed E-state index contributed by atoms with van der Waals surface area (Å²) >= 11 is 0. The highest BCUT2D eigenvalue weighted by molar-refractivity contribution is 5.90. The van der Waals surface area contributed by atoms with Gasteiger partial charge in [-0.25, -0.2) is 4.79 Å². The zero-order chi connectivity index (χ0) is 10.7. The van der Waals surface area contributed by atoms with Gasteiger partial charge in [-0.05, 0) is 37.8 Å². The zero-order valence-electron chi connectivity index (χ0n) is 8.48. The lowest BCUT2D eigenvalue weighted by atomic mass is 10.2. The topological polar surface area (TPSA) is 46.5 Å². The Balaban J connectivity index is 2.15. The van der Waals surface area contributed by atoms with Gasteiger partial charge in [0.15, 0.2) is 0 Å².